The number of benzene rings is 1. The summed E-state index contributed by atoms with van der Waals surface area (Å²) in [6.07, 6.45) is 0. The van der Waals surface area contributed by atoms with Gasteiger partial charge in [-0.2, -0.15) is 0 Å². The molecule has 0 fully saturated rings. The average Bonchev–Trinajstić information content (AvgIpc) is 2.72. The lowest BCUT2D eigenvalue weighted by atomic mass is 10.1. The molecule has 2 heterocycles. The molecule has 3 amide bonds. The van der Waals surface area contributed by atoms with Gasteiger partial charge in [0.05, 0.1) is 11.1 Å². The van der Waals surface area contributed by atoms with Gasteiger partial charge < -0.3 is 10.7 Å². The van der Waals surface area contributed by atoms with Crippen LogP contribution in [0.3, 0.4) is 0 Å². The number of nitrogens with one attached hydrogen (secondary N) is 1. The number of fused-ring (bicyclic) bond motifs is 1. The number of H-pyrrole nitrogens is 1. The summed E-state index contributed by atoms with van der Waals surface area (Å²) in [6, 6.07) is 8.77. The zero-order valence-electron chi connectivity index (χ0n) is 10.6. The Balaban J connectivity index is 2.12. The molecule has 1 aromatic carbocycles. The maximum Gasteiger partial charge on any atom is 0.273 e. The van der Waals surface area contributed by atoms with Crippen molar-refractivity contribution in [3.8, 4) is 0 Å². The van der Waals surface area contributed by atoms with Crippen LogP contribution in [0.15, 0.2) is 41.2 Å². The van der Waals surface area contributed by atoms with Crippen molar-refractivity contribution in [2.24, 2.45) is 5.73 Å². The van der Waals surface area contributed by atoms with Crippen molar-refractivity contribution in [1.82, 2.24) is 4.98 Å². The summed E-state index contributed by atoms with van der Waals surface area (Å²) in [5.41, 5.74) is 4.55. The second-order valence-electron chi connectivity index (χ2n) is 4.44. The molecule has 104 valence electrons. The van der Waals surface area contributed by atoms with Crippen molar-refractivity contribution in [2.75, 3.05) is 4.90 Å². The summed E-state index contributed by atoms with van der Waals surface area (Å²) < 4.78 is 0. The number of anilines is 1. The third kappa shape index (κ3) is 1.83. The fraction of sp³-hybridized carbons (Fsp3) is 0. The predicted octanol–water partition coefficient (Wildman–Crippen LogP) is 0.274. The number of primary amides is 1. The number of carbonyl (C=O) groups excluding carboxylic acids is 3. The molecule has 0 radical (unpaired) electrons. The molecule has 0 atom stereocenters. The van der Waals surface area contributed by atoms with Crippen molar-refractivity contribution in [3.63, 3.8) is 0 Å². The third-order valence-corrected chi connectivity index (χ3v) is 3.19. The number of amides is 3. The van der Waals surface area contributed by atoms with Gasteiger partial charge in [0.15, 0.2) is 0 Å². The van der Waals surface area contributed by atoms with Gasteiger partial charge in [-0.1, -0.05) is 12.1 Å². The van der Waals surface area contributed by atoms with Crippen LogP contribution in [0.25, 0.3) is 0 Å². The molecule has 0 saturated carbocycles. The van der Waals surface area contributed by atoms with Crippen LogP contribution in [0.2, 0.25) is 0 Å². The maximum absolute atomic E-state index is 12.2. The van der Waals surface area contributed by atoms with Gasteiger partial charge in [-0.3, -0.25) is 19.2 Å². The zero-order chi connectivity index (χ0) is 15.1. The molecule has 3 N–H and O–H groups in total. The highest BCUT2D eigenvalue weighted by molar-refractivity contribution is 6.34. The smallest absolute Gasteiger partial charge is 0.273 e. The highest BCUT2D eigenvalue weighted by Crippen LogP contribution is 2.25. The van der Waals surface area contributed by atoms with E-state index in [1.54, 1.807) is 12.1 Å². The second-order valence-corrected chi connectivity index (χ2v) is 4.44. The van der Waals surface area contributed by atoms with Gasteiger partial charge >= 0.3 is 0 Å². The number of imide groups is 1. The molecular formula is C14H9N3O4. The summed E-state index contributed by atoms with van der Waals surface area (Å²) in [7, 11) is 0. The Morgan fingerprint density at radius 2 is 1.52 bits per heavy atom. The van der Waals surface area contributed by atoms with Crippen molar-refractivity contribution < 1.29 is 14.4 Å². The van der Waals surface area contributed by atoms with Gasteiger partial charge in [-0.25, -0.2) is 4.90 Å². The summed E-state index contributed by atoms with van der Waals surface area (Å²) >= 11 is 0. The molecule has 1 aliphatic rings. The van der Waals surface area contributed by atoms with Crippen molar-refractivity contribution in [3.05, 3.63) is 63.6 Å². The minimum Gasteiger partial charge on any atom is -0.364 e. The summed E-state index contributed by atoms with van der Waals surface area (Å²) in [4.78, 5) is 50.5. The maximum atomic E-state index is 12.2. The van der Waals surface area contributed by atoms with E-state index in [1.165, 1.54) is 24.3 Å². The molecule has 7 heteroatoms. The molecule has 0 unspecified atom stereocenters. The Morgan fingerprint density at radius 3 is 2.00 bits per heavy atom. The summed E-state index contributed by atoms with van der Waals surface area (Å²) in [6.45, 7) is 0. The Hall–Kier alpha value is -3.22. The largest absolute Gasteiger partial charge is 0.364 e. The number of nitrogens with two attached hydrogens (primary N) is 1. The van der Waals surface area contributed by atoms with Gasteiger partial charge in [0.25, 0.3) is 23.3 Å². The number of hydrogen-bond donors (Lipinski definition) is 2. The quantitative estimate of drug-likeness (QED) is 0.770. The fourth-order valence-corrected chi connectivity index (χ4v) is 2.19. The van der Waals surface area contributed by atoms with Crippen molar-refractivity contribution in [2.45, 2.75) is 0 Å². The van der Waals surface area contributed by atoms with Crippen LogP contribution in [-0.4, -0.2) is 22.7 Å². The van der Waals surface area contributed by atoms with Crippen LogP contribution in [-0.2, 0) is 0 Å². The molecule has 0 saturated heterocycles. The predicted molar refractivity (Wildman–Crippen MR) is 73.2 cm³/mol. The molecule has 2 aromatic rings. The van der Waals surface area contributed by atoms with Crippen molar-refractivity contribution >= 4 is 23.4 Å². The number of hydrogen-bond acceptors (Lipinski definition) is 4. The summed E-state index contributed by atoms with van der Waals surface area (Å²) in [5, 5.41) is 0. The van der Waals surface area contributed by atoms with E-state index in [2.05, 4.69) is 4.98 Å². The molecule has 7 nitrogen and oxygen atoms in total. The first kappa shape index (κ1) is 12.8. The van der Waals surface area contributed by atoms with E-state index >= 15 is 0 Å². The van der Waals surface area contributed by atoms with E-state index in [4.69, 9.17) is 5.73 Å². The lowest BCUT2D eigenvalue weighted by molar-refractivity contribution is 0.0924. The Kier molecular flexibility index (Phi) is 2.69. The number of carbonyl (C=O) groups is 3. The number of nitrogens with zero attached hydrogens (tertiary/aromatic N) is 1. The molecular weight excluding hydrogens is 274 g/mol. The van der Waals surface area contributed by atoms with E-state index in [0.29, 0.717) is 0 Å². The van der Waals surface area contributed by atoms with Crippen LogP contribution in [0.5, 0.6) is 0 Å². The molecule has 1 aliphatic heterocycles. The highest BCUT2D eigenvalue weighted by atomic mass is 16.2. The number of pyridine rings is 1. The van der Waals surface area contributed by atoms with Crippen LogP contribution >= 0.6 is 0 Å². The molecule has 1 aromatic heterocycles. The van der Waals surface area contributed by atoms with Gasteiger partial charge in [0.2, 0.25) is 0 Å². The van der Waals surface area contributed by atoms with Crippen LogP contribution in [0, 0.1) is 0 Å². The normalized spacial score (nSPS) is 13.4. The third-order valence-electron chi connectivity index (χ3n) is 3.19. The van der Waals surface area contributed by atoms with Gasteiger partial charge in [-0.05, 0) is 24.3 Å². The van der Waals surface area contributed by atoms with E-state index in [1.807, 2.05) is 0 Å². The van der Waals surface area contributed by atoms with Crippen LogP contribution < -0.4 is 16.2 Å². The number of aromatic amines is 1. The van der Waals surface area contributed by atoms with Crippen molar-refractivity contribution in [1.29, 1.82) is 0 Å². The Bertz CT molecular complexity index is 818. The molecule has 3 rings (SSSR count). The summed E-state index contributed by atoms with van der Waals surface area (Å²) in [5.74, 6) is -1.96. The van der Waals surface area contributed by atoms with Gasteiger partial charge in [0, 0.05) is 0 Å². The fourth-order valence-electron chi connectivity index (χ4n) is 2.19. The topological polar surface area (TPSA) is 113 Å². The van der Waals surface area contributed by atoms with E-state index in [9.17, 15) is 19.2 Å². The second kappa shape index (κ2) is 4.41. The number of rotatable bonds is 2. The first-order valence-corrected chi connectivity index (χ1v) is 6.01. The van der Waals surface area contributed by atoms with E-state index in [-0.39, 0.29) is 22.5 Å². The monoisotopic (exact) mass is 283 g/mol. The Labute approximate surface area is 118 Å². The van der Waals surface area contributed by atoms with Gasteiger partial charge in [-0.15, -0.1) is 0 Å². The van der Waals surface area contributed by atoms with E-state index in [0.717, 1.165) is 4.90 Å². The van der Waals surface area contributed by atoms with Crippen LogP contribution in [0.4, 0.5) is 5.69 Å². The lowest BCUT2D eigenvalue weighted by Crippen LogP contribution is -2.34. The first-order chi connectivity index (χ1) is 10.0. The van der Waals surface area contributed by atoms with Gasteiger partial charge in [0.1, 0.15) is 11.4 Å². The lowest BCUT2D eigenvalue weighted by Gasteiger charge is -2.12. The minimum atomic E-state index is -0.805. The standard InChI is InChI=1S/C14H9N3O4/c15-11(18)9-5-6-10(12(19)16-9)17-13(20)7-3-1-2-4-8(7)14(17)21/h1-6H,(H2,15,18)(H,16,19). The molecule has 0 bridgehead atoms. The van der Waals surface area contributed by atoms with E-state index < -0.39 is 23.3 Å². The molecule has 0 spiro atoms. The molecule has 0 aliphatic carbocycles. The number of aromatic nitrogens is 1. The SMILES string of the molecule is NC(=O)c1ccc(N2C(=O)c3ccccc3C2=O)c(=O)[nH]1. The highest BCUT2D eigenvalue weighted by Gasteiger charge is 2.37. The minimum absolute atomic E-state index is 0.0969. The van der Waals surface area contributed by atoms with Crippen LogP contribution in [0.1, 0.15) is 31.2 Å². The average molecular weight is 283 g/mol. The first-order valence-electron chi connectivity index (χ1n) is 6.01. The zero-order valence-corrected chi connectivity index (χ0v) is 10.6. The Morgan fingerprint density at radius 1 is 0.952 bits per heavy atom. The molecule has 21 heavy (non-hydrogen) atoms.